The van der Waals surface area contributed by atoms with Crippen molar-refractivity contribution in [3.05, 3.63) is 88.6 Å². The van der Waals surface area contributed by atoms with E-state index in [1.165, 1.54) is 7.11 Å². The predicted molar refractivity (Wildman–Crippen MR) is 148 cm³/mol. The zero-order chi connectivity index (χ0) is 27.2. The van der Waals surface area contributed by atoms with Gasteiger partial charge in [-0.1, -0.05) is 43.1 Å². The average molecular weight is 534 g/mol. The first-order chi connectivity index (χ1) is 18.4. The van der Waals surface area contributed by atoms with Crippen LogP contribution in [0.5, 0.6) is 11.5 Å². The smallest absolute Gasteiger partial charge is 0.283 e. The summed E-state index contributed by atoms with van der Waals surface area (Å²) in [5.41, 5.74) is 2.73. The normalized spacial score (nSPS) is 13.1. The van der Waals surface area contributed by atoms with Crippen LogP contribution in [-0.4, -0.2) is 31.9 Å². The van der Waals surface area contributed by atoms with E-state index in [1.807, 2.05) is 12.1 Å². The van der Waals surface area contributed by atoms with Crippen molar-refractivity contribution in [2.24, 2.45) is 0 Å². The van der Waals surface area contributed by atoms with Gasteiger partial charge in [0.2, 0.25) is 0 Å². The van der Waals surface area contributed by atoms with Crippen LogP contribution in [0.2, 0.25) is 0 Å². The number of nitrogens with one attached hydrogen (secondary N) is 2. The molecule has 3 aromatic rings. The molecular formula is C29H28ClN3O5. The molecule has 1 aliphatic heterocycles. The summed E-state index contributed by atoms with van der Waals surface area (Å²) in [6.45, 7) is 2.12. The molecule has 0 bridgehead atoms. The summed E-state index contributed by atoms with van der Waals surface area (Å²) in [5, 5.41) is 5.51. The minimum absolute atomic E-state index is 0.0545. The first-order valence-corrected chi connectivity index (χ1v) is 12.5. The molecule has 4 rings (SSSR count). The van der Waals surface area contributed by atoms with Gasteiger partial charge in [0, 0.05) is 17.3 Å². The lowest BCUT2D eigenvalue weighted by Crippen LogP contribution is -2.32. The molecule has 3 amide bonds. The fourth-order valence-electron chi connectivity index (χ4n) is 4.02. The Morgan fingerprint density at radius 1 is 0.947 bits per heavy atom. The number of nitrogens with zero attached hydrogens (tertiary/aromatic N) is 1. The Bertz CT molecular complexity index is 1400. The van der Waals surface area contributed by atoms with E-state index in [0.29, 0.717) is 34.1 Å². The fourth-order valence-corrected chi connectivity index (χ4v) is 4.23. The van der Waals surface area contributed by atoms with E-state index in [4.69, 9.17) is 21.1 Å². The molecule has 2 N–H and O–H groups in total. The molecule has 38 heavy (non-hydrogen) atoms. The minimum atomic E-state index is -0.610. The van der Waals surface area contributed by atoms with Gasteiger partial charge >= 0.3 is 0 Å². The standard InChI is InChI=1S/C29H28ClN3O5/c1-4-5-7-18-10-12-21(13-11-18)33-28(35)25(30)26(29(33)36)31-20-9-6-8-19(16-20)27(34)32-23-15-14-22(37-2)17-24(23)38-3/h6,8-17,31H,4-5,7H2,1-3H3,(H,32,34). The third-order valence-corrected chi connectivity index (χ3v) is 6.44. The first kappa shape index (κ1) is 26.8. The average Bonchev–Trinajstić information content (AvgIpc) is 3.15. The van der Waals surface area contributed by atoms with Crippen molar-refractivity contribution in [1.29, 1.82) is 0 Å². The third kappa shape index (κ3) is 5.65. The Morgan fingerprint density at radius 3 is 2.39 bits per heavy atom. The van der Waals surface area contributed by atoms with Crippen LogP contribution in [0.25, 0.3) is 0 Å². The Labute approximate surface area is 226 Å². The number of carbonyl (C=O) groups is 3. The molecule has 0 spiro atoms. The third-order valence-electron chi connectivity index (χ3n) is 6.09. The SMILES string of the molecule is CCCCc1ccc(N2C(=O)C(Cl)=C(Nc3cccc(C(=O)Nc4ccc(OC)cc4OC)c3)C2=O)cc1. The summed E-state index contributed by atoms with van der Waals surface area (Å²) in [7, 11) is 3.04. The van der Waals surface area contributed by atoms with Crippen molar-refractivity contribution in [1.82, 2.24) is 0 Å². The molecular weight excluding hydrogens is 506 g/mol. The Balaban J connectivity index is 1.49. The lowest BCUT2D eigenvalue weighted by Gasteiger charge is -2.16. The lowest BCUT2D eigenvalue weighted by molar-refractivity contribution is -0.120. The number of hydrogen-bond acceptors (Lipinski definition) is 6. The summed E-state index contributed by atoms with van der Waals surface area (Å²) >= 11 is 6.29. The summed E-state index contributed by atoms with van der Waals surface area (Å²) in [6, 6.07) is 18.9. The molecule has 0 atom stereocenters. The molecule has 196 valence electrons. The number of carbonyl (C=O) groups excluding carboxylic acids is 3. The quantitative estimate of drug-likeness (QED) is 0.323. The van der Waals surface area contributed by atoms with Crippen LogP contribution >= 0.6 is 11.6 Å². The van der Waals surface area contributed by atoms with Crippen LogP contribution in [0.3, 0.4) is 0 Å². The summed E-state index contributed by atoms with van der Waals surface area (Å²) in [4.78, 5) is 40.0. The van der Waals surface area contributed by atoms with Gasteiger partial charge in [0.15, 0.2) is 0 Å². The van der Waals surface area contributed by atoms with Crippen LogP contribution in [-0.2, 0) is 16.0 Å². The number of methoxy groups -OCH3 is 2. The van der Waals surface area contributed by atoms with Crippen LogP contribution in [0, 0.1) is 0 Å². The van der Waals surface area contributed by atoms with E-state index in [-0.39, 0.29) is 10.7 Å². The second kappa shape index (κ2) is 11.8. The highest BCUT2D eigenvalue weighted by atomic mass is 35.5. The van der Waals surface area contributed by atoms with Gasteiger partial charge in [-0.05, 0) is 60.9 Å². The Hall–Kier alpha value is -4.30. The second-order valence-corrected chi connectivity index (χ2v) is 9.01. The van der Waals surface area contributed by atoms with E-state index < -0.39 is 17.7 Å². The van der Waals surface area contributed by atoms with Gasteiger partial charge in [0.05, 0.1) is 25.6 Å². The van der Waals surface area contributed by atoms with Crippen molar-refractivity contribution in [3.63, 3.8) is 0 Å². The molecule has 0 aliphatic carbocycles. The topological polar surface area (TPSA) is 97.0 Å². The molecule has 1 aliphatic rings. The minimum Gasteiger partial charge on any atom is -0.497 e. The maximum atomic E-state index is 13.2. The van der Waals surface area contributed by atoms with Crippen molar-refractivity contribution in [2.45, 2.75) is 26.2 Å². The molecule has 0 unspecified atom stereocenters. The highest BCUT2D eigenvalue weighted by Crippen LogP contribution is 2.32. The van der Waals surface area contributed by atoms with Gasteiger partial charge in [0.25, 0.3) is 17.7 Å². The van der Waals surface area contributed by atoms with Gasteiger partial charge in [-0.15, -0.1) is 0 Å². The number of aryl methyl sites for hydroxylation is 1. The van der Waals surface area contributed by atoms with Crippen molar-refractivity contribution >= 4 is 46.4 Å². The highest BCUT2D eigenvalue weighted by Gasteiger charge is 2.39. The molecule has 3 aromatic carbocycles. The van der Waals surface area contributed by atoms with Crippen molar-refractivity contribution in [3.8, 4) is 11.5 Å². The number of benzene rings is 3. The molecule has 1 heterocycles. The predicted octanol–water partition coefficient (Wildman–Crippen LogP) is 5.73. The van der Waals surface area contributed by atoms with E-state index in [0.717, 1.165) is 29.7 Å². The lowest BCUT2D eigenvalue weighted by atomic mass is 10.1. The maximum Gasteiger partial charge on any atom is 0.283 e. The molecule has 0 radical (unpaired) electrons. The number of anilines is 3. The Kier molecular flexibility index (Phi) is 8.33. The summed E-state index contributed by atoms with van der Waals surface area (Å²) in [6.07, 6.45) is 3.07. The molecule has 0 aromatic heterocycles. The number of ether oxygens (including phenoxy) is 2. The van der Waals surface area contributed by atoms with Gasteiger partial charge in [-0.2, -0.15) is 0 Å². The van der Waals surface area contributed by atoms with Crippen molar-refractivity contribution < 1.29 is 23.9 Å². The molecule has 0 saturated heterocycles. The van der Waals surface area contributed by atoms with E-state index >= 15 is 0 Å². The monoisotopic (exact) mass is 533 g/mol. The van der Waals surface area contributed by atoms with E-state index in [9.17, 15) is 14.4 Å². The van der Waals surface area contributed by atoms with Crippen molar-refractivity contribution in [2.75, 3.05) is 29.8 Å². The number of halogens is 1. The zero-order valence-electron chi connectivity index (χ0n) is 21.3. The largest absolute Gasteiger partial charge is 0.497 e. The number of imide groups is 1. The first-order valence-electron chi connectivity index (χ1n) is 12.1. The number of unbranched alkanes of at least 4 members (excludes halogenated alkanes) is 1. The van der Waals surface area contributed by atoms with Gasteiger partial charge in [0.1, 0.15) is 22.2 Å². The molecule has 0 saturated carbocycles. The summed E-state index contributed by atoms with van der Waals surface area (Å²) in [5.74, 6) is -0.540. The van der Waals surface area contributed by atoms with E-state index in [2.05, 4.69) is 17.6 Å². The highest BCUT2D eigenvalue weighted by molar-refractivity contribution is 6.53. The van der Waals surface area contributed by atoms with Crippen LogP contribution in [0.1, 0.15) is 35.7 Å². The summed E-state index contributed by atoms with van der Waals surface area (Å²) < 4.78 is 10.5. The van der Waals surface area contributed by atoms with Crippen LogP contribution in [0.15, 0.2) is 77.5 Å². The van der Waals surface area contributed by atoms with Gasteiger partial charge < -0.3 is 20.1 Å². The molecule has 8 nitrogen and oxygen atoms in total. The van der Waals surface area contributed by atoms with Crippen LogP contribution < -0.4 is 25.0 Å². The number of rotatable bonds is 10. The van der Waals surface area contributed by atoms with E-state index in [1.54, 1.807) is 61.7 Å². The van der Waals surface area contributed by atoms with Crippen LogP contribution in [0.4, 0.5) is 17.1 Å². The van der Waals surface area contributed by atoms with Gasteiger partial charge in [-0.25, -0.2) is 4.90 Å². The maximum absolute atomic E-state index is 13.2. The second-order valence-electron chi connectivity index (χ2n) is 8.63. The van der Waals surface area contributed by atoms with Gasteiger partial charge in [-0.3, -0.25) is 14.4 Å². The number of hydrogen-bond donors (Lipinski definition) is 2. The zero-order valence-corrected chi connectivity index (χ0v) is 22.1. The molecule has 0 fully saturated rings. The molecule has 9 heteroatoms. The number of amides is 3. The fraction of sp³-hybridized carbons (Fsp3) is 0.207. The Morgan fingerprint density at radius 2 is 1.71 bits per heavy atom.